The van der Waals surface area contributed by atoms with Crippen LogP contribution >= 0.6 is 0 Å². The van der Waals surface area contributed by atoms with Crippen molar-refractivity contribution in [3.05, 3.63) is 59.2 Å². The summed E-state index contributed by atoms with van der Waals surface area (Å²) in [7, 11) is 1.55. The average molecular weight is 284 g/mol. The fourth-order valence-electron chi connectivity index (χ4n) is 2.07. The number of nitrogens with two attached hydrogens (primary N) is 1. The summed E-state index contributed by atoms with van der Waals surface area (Å²) in [6.07, 6.45) is 0. The van der Waals surface area contributed by atoms with Crippen LogP contribution in [-0.4, -0.2) is 13.0 Å². The molecule has 0 aliphatic heterocycles. The van der Waals surface area contributed by atoms with Crippen molar-refractivity contribution in [2.45, 2.75) is 19.9 Å². The fraction of sp³-hybridized carbons (Fsp3) is 0.235. The largest absolute Gasteiger partial charge is 0.496 e. The molecule has 3 N–H and O–H groups in total. The van der Waals surface area contributed by atoms with E-state index in [1.54, 1.807) is 13.2 Å². The molecule has 110 valence electrons. The Morgan fingerprint density at radius 1 is 1.19 bits per heavy atom. The van der Waals surface area contributed by atoms with Crippen LogP contribution in [0.25, 0.3) is 0 Å². The molecule has 2 rings (SSSR count). The van der Waals surface area contributed by atoms with Gasteiger partial charge < -0.3 is 15.8 Å². The number of carbonyl (C=O) groups excluding carboxylic acids is 1. The lowest BCUT2D eigenvalue weighted by atomic mass is 10.1. The topological polar surface area (TPSA) is 64.3 Å². The summed E-state index contributed by atoms with van der Waals surface area (Å²) in [5.41, 5.74) is 9.09. The lowest BCUT2D eigenvalue weighted by Crippen LogP contribution is -2.13. The van der Waals surface area contributed by atoms with E-state index in [1.807, 2.05) is 50.2 Å². The molecular weight excluding hydrogens is 264 g/mol. The van der Waals surface area contributed by atoms with E-state index >= 15 is 0 Å². The number of aryl methyl sites for hydroxylation is 1. The van der Waals surface area contributed by atoms with Gasteiger partial charge in [0.2, 0.25) is 0 Å². The van der Waals surface area contributed by atoms with Crippen LogP contribution < -0.4 is 15.8 Å². The molecule has 2 aromatic rings. The molecule has 0 aliphatic rings. The zero-order valence-corrected chi connectivity index (χ0v) is 12.5. The predicted octanol–water partition coefficient (Wildman–Crippen LogP) is 3.28. The van der Waals surface area contributed by atoms with E-state index in [0.717, 1.165) is 16.8 Å². The van der Waals surface area contributed by atoms with Crippen LogP contribution in [0.15, 0.2) is 42.5 Å². The highest BCUT2D eigenvalue weighted by Gasteiger charge is 2.12. The number of hydrogen-bond donors (Lipinski definition) is 2. The minimum atomic E-state index is -0.191. The molecule has 0 saturated heterocycles. The molecule has 1 amide bonds. The Bertz CT molecular complexity index is 634. The second-order valence-electron chi connectivity index (χ2n) is 5.07. The predicted molar refractivity (Wildman–Crippen MR) is 84.7 cm³/mol. The number of amides is 1. The van der Waals surface area contributed by atoms with Gasteiger partial charge in [0.1, 0.15) is 5.75 Å². The summed E-state index contributed by atoms with van der Waals surface area (Å²) >= 11 is 0. The molecule has 0 aliphatic carbocycles. The molecule has 0 bridgehead atoms. The zero-order chi connectivity index (χ0) is 15.4. The van der Waals surface area contributed by atoms with Gasteiger partial charge in [-0.25, -0.2) is 0 Å². The van der Waals surface area contributed by atoms with E-state index in [0.29, 0.717) is 11.3 Å². The number of ether oxygens (including phenoxy) is 1. The first-order valence-electron chi connectivity index (χ1n) is 6.83. The monoisotopic (exact) mass is 284 g/mol. The first-order valence-corrected chi connectivity index (χ1v) is 6.83. The molecule has 0 saturated carbocycles. The molecule has 2 aromatic carbocycles. The molecule has 1 unspecified atom stereocenters. The molecule has 21 heavy (non-hydrogen) atoms. The molecule has 0 spiro atoms. The van der Waals surface area contributed by atoms with Gasteiger partial charge in [-0.05, 0) is 43.7 Å². The third-order valence-electron chi connectivity index (χ3n) is 3.29. The molecule has 1 atom stereocenters. The fourth-order valence-corrected chi connectivity index (χ4v) is 2.07. The molecular formula is C17H20N2O2. The summed E-state index contributed by atoms with van der Waals surface area (Å²) in [5.74, 6) is 0.370. The van der Waals surface area contributed by atoms with E-state index in [2.05, 4.69) is 5.32 Å². The third-order valence-corrected chi connectivity index (χ3v) is 3.29. The Kier molecular flexibility index (Phi) is 4.60. The SMILES string of the molecule is COc1ccc(C)cc1C(=O)Nc1ccc(C(C)N)cc1. The Morgan fingerprint density at radius 2 is 1.86 bits per heavy atom. The lowest BCUT2D eigenvalue weighted by molar-refractivity contribution is 0.102. The molecule has 4 nitrogen and oxygen atoms in total. The van der Waals surface area contributed by atoms with Gasteiger partial charge in [0.05, 0.1) is 12.7 Å². The van der Waals surface area contributed by atoms with Crippen LogP contribution in [0.3, 0.4) is 0 Å². The van der Waals surface area contributed by atoms with Crippen LogP contribution in [0.5, 0.6) is 5.75 Å². The zero-order valence-electron chi connectivity index (χ0n) is 12.5. The quantitative estimate of drug-likeness (QED) is 0.905. The Labute approximate surface area is 124 Å². The normalized spacial score (nSPS) is 11.8. The van der Waals surface area contributed by atoms with Crippen molar-refractivity contribution in [3.63, 3.8) is 0 Å². The van der Waals surface area contributed by atoms with E-state index in [9.17, 15) is 4.79 Å². The van der Waals surface area contributed by atoms with Gasteiger partial charge in [-0.15, -0.1) is 0 Å². The van der Waals surface area contributed by atoms with E-state index in [4.69, 9.17) is 10.5 Å². The smallest absolute Gasteiger partial charge is 0.259 e. The van der Waals surface area contributed by atoms with Crippen molar-refractivity contribution >= 4 is 11.6 Å². The minimum absolute atomic E-state index is 0.0216. The molecule has 0 radical (unpaired) electrons. The highest BCUT2D eigenvalue weighted by atomic mass is 16.5. The van der Waals surface area contributed by atoms with Crippen LogP contribution in [0.2, 0.25) is 0 Å². The maximum absolute atomic E-state index is 12.3. The molecule has 0 fully saturated rings. The van der Waals surface area contributed by atoms with Crippen molar-refractivity contribution in [2.75, 3.05) is 12.4 Å². The van der Waals surface area contributed by atoms with E-state index < -0.39 is 0 Å². The van der Waals surface area contributed by atoms with Gasteiger partial charge in [-0.3, -0.25) is 4.79 Å². The Hall–Kier alpha value is -2.33. The molecule has 0 heterocycles. The summed E-state index contributed by atoms with van der Waals surface area (Å²) in [6, 6.07) is 13.0. The Morgan fingerprint density at radius 3 is 2.43 bits per heavy atom. The lowest BCUT2D eigenvalue weighted by Gasteiger charge is -2.11. The number of anilines is 1. The third kappa shape index (κ3) is 3.61. The van der Waals surface area contributed by atoms with Gasteiger partial charge in [0.25, 0.3) is 5.91 Å². The maximum Gasteiger partial charge on any atom is 0.259 e. The summed E-state index contributed by atoms with van der Waals surface area (Å²) in [4.78, 5) is 12.3. The van der Waals surface area contributed by atoms with Gasteiger partial charge >= 0.3 is 0 Å². The number of methoxy groups -OCH3 is 1. The first kappa shape index (κ1) is 15.1. The highest BCUT2D eigenvalue weighted by Crippen LogP contribution is 2.21. The molecule has 4 heteroatoms. The summed E-state index contributed by atoms with van der Waals surface area (Å²) in [6.45, 7) is 3.86. The highest BCUT2D eigenvalue weighted by molar-refractivity contribution is 6.06. The van der Waals surface area contributed by atoms with Gasteiger partial charge in [0.15, 0.2) is 0 Å². The van der Waals surface area contributed by atoms with Gasteiger partial charge in [-0.1, -0.05) is 23.8 Å². The maximum atomic E-state index is 12.3. The molecule has 0 aromatic heterocycles. The number of nitrogens with one attached hydrogen (secondary N) is 1. The standard InChI is InChI=1S/C17H20N2O2/c1-11-4-9-16(21-3)15(10-11)17(20)19-14-7-5-13(6-8-14)12(2)18/h4-10,12H,18H2,1-3H3,(H,19,20). The number of benzene rings is 2. The van der Waals surface area contributed by atoms with Crippen LogP contribution in [0.1, 0.15) is 34.5 Å². The number of carbonyl (C=O) groups is 1. The second kappa shape index (κ2) is 6.41. The van der Waals surface area contributed by atoms with Gasteiger partial charge in [-0.2, -0.15) is 0 Å². The van der Waals surface area contributed by atoms with Crippen LogP contribution in [-0.2, 0) is 0 Å². The van der Waals surface area contributed by atoms with E-state index in [-0.39, 0.29) is 11.9 Å². The second-order valence-corrected chi connectivity index (χ2v) is 5.07. The van der Waals surface area contributed by atoms with E-state index in [1.165, 1.54) is 0 Å². The minimum Gasteiger partial charge on any atom is -0.496 e. The first-order chi connectivity index (χ1) is 10.0. The summed E-state index contributed by atoms with van der Waals surface area (Å²) in [5, 5.41) is 2.87. The van der Waals surface area contributed by atoms with Crippen molar-refractivity contribution in [1.29, 1.82) is 0 Å². The van der Waals surface area contributed by atoms with Crippen molar-refractivity contribution in [2.24, 2.45) is 5.73 Å². The van der Waals surface area contributed by atoms with Crippen molar-refractivity contribution in [3.8, 4) is 5.75 Å². The van der Waals surface area contributed by atoms with Crippen LogP contribution in [0.4, 0.5) is 5.69 Å². The van der Waals surface area contributed by atoms with Crippen LogP contribution in [0, 0.1) is 6.92 Å². The number of hydrogen-bond acceptors (Lipinski definition) is 3. The Balaban J connectivity index is 2.19. The van der Waals surface area contributed by atoms with Crippen molar-refractivity contribution in [1.82, 2.24) is 0 Å². The number of rotatable bonds is 4. The van der Waals surface area contributed by atoms with Crippen molar-refractivity contribution < 1.29 is 9.53 Å². The summed E-state index contributed by atoms with van der Waals surface area (Å²) < 4.78 is 5.23. The van der Waals surface area contributed by atoms with Gasteiger partial charge in [0, 0.05) is 11.7 Å². The average Bonchev–Trinajstić information content (AvgIpc) is 2.47.